The zero-order valence-corrected chi connectivity index (χ0v) is 8.75. The molecule has 0 amide bonds. The summed E-state index contributed by atoms with van der Waals surface area (Å²) < 4.78 is 10.6. The Morgan fingerprint density at radius 2 is 2.21 bits per heavy atom. The third-order valence-electron chi connectivity index (χ3n) is 1.83. The Kier molecular flexibility index (Phi) is 5.04. The second-order valence-corrected chi connectivity index (χ2v) is 3.03. The van der Waals surface area contributed by atoms with E-state index in [2.05, 4.69) is 5.32 Å². The van der Waals surface area contributed by atoms with Crippen LogP contribution in [0.5, 0.6) is 5.75 Å². The van der Waals surface area contributed by atoms with Crippen LogP contribution in [0.25, 0.3) is 0 Å². The second-order valence-electron chi connectivity index (χ2n) is 3.03. The van der Waals surface area contributed by atoms with E-state index in [-0.39, 0.29) is 0 Å². The molecule has 14 heavy (non-hydrogen) atoms. The summed E-state index contributed by atoms with van der Waals surface area (Å²) in [6, 6.07) is 7.95. The standard InChI is InChI=1S/C11H17NO2/c1-12-6-7-14-11-5-3-4-10(8-11)9-13-2/h3-5,8,12H,6-7,9H2,1-2H3. The fourth-order valence-electron chi connectivity index (χ4n) is 1.16. The number of hydrogen-bond acceptors (Lipinski definition) is 3. The molecule has 0 saturated carbocycles. The van der Waals surface area contributed by atoms with E-state index in [9.17, 15) is 0 Å². The van der Waals surface area contributed by atoms with E-state index >= 15 is 0 Å². The van der Waals surface area contributed by atoms with E-state index in [0.717, 1.165) is 17.9 Å². The van der Waals surface area contributed by atoms with E-state index in [4.69, 9.17) is 9.47 Å². The smallest absolute Gasteiger partial charge is 0.119 e. The summed E-state index contributed by atoms with van der Waals surface area (Å²) in [5, 5.41) is 3.03. The molecule has 0 aliphatic carbocycles. The molecule has 0 spiro atoms. The lowest BCUT2D eigenvalue weighted by Gasteiger charge is -2.07. The van der Waals surface area contributed by atoms with E-state index in [0.29, 0.717) is 13.2 Å². The molecule has 0 saturated heterocycles. The van der Waals surface area contributed by atoms with Crippen LogP contribution in [0.15, 0.2) is 24.3 Å². The summed E-state index contributed by atoms with van der Waals surface area (Å²) >= 11 is 0. The van der Waals surface area contributed by atoms with E-state index in [1.807, 2.05) is 31.3 Å². The maximum absolute atomic E-state index is 5.52. The predicted octanol–water partition coefficient (Wildman–Crippen LogP) is 1.43. The van der Waals surface area contributed by atoms with E-state index in [1.165, 1.54) is 0 Å². The van der Waals surface area contributed by atoms with Crippen LogP contribution in [0.2, 0.25) is 0 Å². The Morgan fingerprint density at radius 3 is 2.93 bits per heavy atom. The summed E-state index contributed by atoms with van der Waals surface area (Å²) in [5.74, 6) is 0.898. The molecule has 3 heteroatoms. The Morgan fingerprint density at radius 1 is 1.36 bits per heavy atom. The van der Waals surface area contributed by atoms with Crippen LogP contribution in [0, 0.1) is 0 Å². The van der Waals surface area contributed by atoms with Gasteiger partial charge in [-0.15, -0.1) is 0 Å². The number of hydrogen-bond donors (Lipinski definition) is 1. The van der Waals surface area contributed by atoms with Gasteiger partial charge in [0.1, 0.15) is 12.4 Å². The molecule has 0 radical (unpaired) electrons. The third-order valence-corrected chi connectivity index (χ3v) is 1.83. The Hall–Kier alpha value is -1.06. The Labute approximate surface area is 85.0 Å². The van der Waals surface area contributed by atoms with Gasteiger partial charge in [-0.1, -0.05) is 12.1 Å². The van der Waals surface area contributed by atoms with Crippen molar-refractivity contribution in [2.24, 2.45) is 0 Å². The fourth-order valence-corrected chi connectivity index (χ4v) is 1.16. The van der Waals surface area contributed by atoms with Gasteiger partial charge >= 0.3 is 0 Å². The van der Waals surface area contributed by atoms with Crippen molar-refractivity contribution in [3.05, 3.63) is 29.8 Å². The van der Waals surface area contributed by atoms with Gasteiger partial charge in [0.15, 0.2) is 0 Å². The fraction of sp³-hybridized carbons (Fsp3) is 0.455. The Bertz CT molecular complexity index is 263. The van der Waals surface area contributed by atoms with Crippen LogP contribution < -0.4 is 10.1 Å². The summed E-state index contributed by atoms with van der Waals surface area (Å²) in [5.41, 5.74) is 1.13. The number of nitrogens with one attached hydrogen (secondary N) is 1. The van der Waals surface area contributed by atoms with Gasteiger partial charge in [0, 0.05) is 13.7 Å². The van der Waals surface area contributed by atoms with Crippen molar-refractivity contribution in [1.29, 1.82) is 0 Å². The zero-order chi connectivity index (χ0) is 10.2. The SMILES string of the molecule is CNCCOc1cccc(COC)c1. The molecular formula is C11H17NO2. The lowest BCUT2D eigenvalue weighted by Crippen LogP contribution is -2.15. The first-order chi connectivity index (χ1) is 6.86. The number of methoxy groups -OCH3 is 1. The molecule has 1 N–H and O–H groups in total. The largest absolute Gasteiger partial charge is 0.492 e. The van der Waals surface area contributed by atoms with E-state index < -0.39 is 0 Å². The van der Waals surface area contributed by atoms with Crippen molar-refractivity contribution < 1.29 is 9.47 Å². The average molecular weight is 195 g/mol. The maximum Gasteiger partial charge on any atom is 0.119 e. The molecule has 1 aromatic carbocycles. The van der Waals surface area contributed by atoms with Crippen LogP contribution >= 0.6 is 0 Å². The lowest BCUT2D eigenvalue weighted by molar-refractivity contribution is 0.184. The van der Waals surface area contributed by atoms with Gasteiger partial charge in [0.05, 0.1) is 6.61 Å². The van der Waals surface area contributed by atoms with Crippen LogP contribution in [0.4, 0.5) is 0 Å². The number of likely N-dealkylation sites (N-methyl/N-ethyl adjacent to an activating group) is 1. The van der Waals surface area contributed by atoms with Gasteiger partial charge in [0.2, 0.25) is 0 Å². The third kappa shape index (κ3) is 3.77. The molecular weight excluding hydrogens is 178 g/mol. The van der Waals surface area contributed by atoms with Crippen LogP contribution in [0.3, 0.4) is 0 Å². The zero-order valence-electron chi connectivity index (χ0n) is 8.75. The summed E-state index contributed by atoms with van der Waals surface area (Å²) in [6.07, 6.45) is 0. The molecule has 0 fully saturated rings. The molecule has 0 unspecified atom stereocenters. The normalized spacial score (nSPS) is 10.1. The van der Waals surface area contributed by atoms with Crippen molar-refractivity contribution in [3.63, 3.8) is 0 Å². The highest BCUT2D eigenvalue weighted by Crippen LogP contribution is 2.13. The highest BCUT2D eigenvalue weighted by Gasteiger charge is 1.95. The minimum Gasteiger partial charge on any atom is -0.492 e. The van der Waals surface area contributed by atoms with Gasteiger partial charge in [-0.3, -0.25) is 0 Å². The predicted molar refractivity (Wildman–Crippen MR) is 56.6 cm³/mol. The monoisotopic (exact) mass is 195 g/mol. The van der Waals surface area contributed by atoms with Crippen molar-refractivity contribution in [2.75, 3.05) is 27.3 Å². The summed E-state index contributed by atoms with van der Waals surface area (Å²) in [4.78, 5) is 0. The topological polar surface area (TPSA) is 30.5 Å². The quantitative estimate of drug-likeness (QED) is 0.697. The molecule has 1 rings (SSSR count). The number of benzene rings is 1. The first-order valence-corrected chi connectivity index (χ1v) is 4.72. The first kappa shape index (κ1) is 11.0. The van der Waals surface area contributed by atoms with Crippen LogP contribution in [-0.4, -0.2) is 27.3 Å². The van der Waals surface area contributed by atoms with Gasteiger partial charge in [0.25, 0.3) is 0 Å². The molecule has 0 aliphatic rings. The molecule has 0 heterocycles. The molecule has 0 atom stereocenters. The molecule has 3 nitrogen and oxygen atoms in total. The second kappa shape index (κ2) is 6.40. The minimum absolute atomic E-state index is 0.628. The highest BCUT2D eigenvalue weighted by atomic mass is 16.5. The van der Waals surface area contributed by atoms with Gasteiger partial charge in [-0.05, 0) is 24.7 Å². The van der Waals surface area contributed by atoms with Crippen LogP contribution in [0.1, 0.15) is 5.56 Å². The van der Waals surface area contributed by atoms with Gasteiger partial charge < -0.3 is 14.8 Å². The van der Waals surface area contributed by atoms with Gasteiger partial charge in [-0.25, -0.2) is 0 Å². The van der Waals surface area contributed by atoms with E-state index in [1.54, 1.807) is 7.11 Å². The molecule has 0 aromatic heterocycles. The highest BCUT2D eigenvalue weighted by molar-refractivity contribution is 5.28. The summed E-state index contributed by atoms with van der Waals surface area (Å²) in [7, 11) is 3.60. The van der Waals surface area contributed by atoms with Crippen molar-refractivity contribution in [1.82, 2.24) is 5.32 Å². The minimum atomic E-state index is 0.628. The maximum atomic E-state index is 5.52. The Balaban J connectivity index is 2.46. The van der Waals surface area contributed by atoms with Crippen molar-refractivity contribution in [2.45, 2.75) is 6.61 Å². The average Bonchev–Trinajstić information content (AvgIpc) is 2.19. The van der Waals surface area contributed by atoms with Crippen LogP contribution in [-0.2, 0) is 11.3 Å². The molecule has 1 aromatic rings. The molecule has 78 valence electrons. The number of rotatable bonds is 6. The molecule has 0 bridgehead atoms. The first-order valence-electron chi connectivity index (χ1n) is 4.72. The summed E-state index contributed by atoms with van der Waals surface area (Å²) in [6.45, 7) is 2.17. The molecule has 0 aliphatic heterocycles. The lowest BCUT2D eigenvalue weighted by atomic mass is 10.2. The van der Waals surface area contributed by atoms with Crippen molar-refractivity contribution in [3.8, 4) is 5.75 Å². The van der Waals surface area contributed by atoms with Crippen molar-refractivity contribution >= 4 is 0 Å². The number of ether oxygens (including phenoxy) is 2. The van der Waals surface area contributed by atoms with Gasteiger partial charge in [-0.2, -0.15) is 0 Å².